The maximum absolute atomic E-state index is 5.98. The van der Waals surface area contributed by atoms with Crippen LogP contribution in [0.1, 0.15) is 11.1 Å². The Hall–Kier alpha value is -3.11. The Kier molecular flexibility index (Phi) is 3.96. The van der Waals surface area contributed by atoms with Gasteiger partial charge in [0.05, 0.1) is 11.0 Å². The SMILES string of the molecule is NCc1ccc(Cn2c(-c3cccc(N)c3)nc3ccccc32)cc1. The van der Waals surface area contributed by atoms with Crippen LogP contribution in [0.3, 0.4) is 0 Å². The summed E-state index contributed by atoms with van der Waals surface area (Å²) in [5, 5.41) is 0. The van der Waals surface area contributed by atoms with Gasteiger partial charge in [-0.3, -0.25) is 0 Å². The van der Waals surface area contributed by atoms with Crippen LogP contribution in [-0.2, 0) is 13.1 Å². The van der Waals surface area contributed by atoms with Gasteiger partial charge in [0.1, 0.15) is 5.82 Å². The Morgan fingerprint density at radius 3 is 2.36 bits per heavy atom. The molecule has 0 saturated heterocycles. The van der Waals surface area contributed by atoms with Crippen molar-refractivity contribution in [2.24, 2.45) is 5.73 Å². The molecule has 25 heavy (non-hydrogen) atoms. The molecule has 0 amide bonds. The highest BCUT2D eigenvalue weighted by atomic mass is 15.1. The van der Waals surface area contributed by atoms with Crippen molar-refractivity contribution in [1.82, 2.24) is 9.55 Å². The first kappa shape index (κ1) is 15.4. The number of nitrogen functional groups attached to an aromatic ring is 1. The van der Waals surface area contributed by atoms with Gasteiger partial charge in [-0.05, 0) is 35.4 Å². The van der Waals surface area contributed by atoms with Gasteiger partial charge in [-0.15, -0.1) is 0 Å². The maximum atomic E-state index is 5.98. The minimum Gasteiger partial charge on any atom is -0.399 e. The zero-order valence-corrected chi connectivity index (χ0v) is 13.9. The molecule has 4 nitrogen and oxygen atoms in total. The van der Waals surface area contributed by atoms with Gasteiger partial charge in [0.15, 0.2) is 0 Å². The van der Waals surface area contributed by atoms with E-state index in [1.54, 1.807) is 0 Å². The summed E-state index contributed by atoms with van der Waals surface area (Å²) in [4.78, 5) is 4.84. The number of hydrogen-bond donors (Lipinski definition) is 2. The number of fused-ring (bicyclic) bond motifs is 1. The van der Waals surface area contributed by atoms with E-state index in [1.165, 1.54) is 5.56 Å². The van der Waals surface area contributed by atoms with Crippen molar-refractivity contribution in [2.45, 2.75) is 13.1 Å². The average molecular weight is 328 g/mol. The maximum Gasteiger partial charge on any atom is 0.141 e. The highest BCUT2D eigenvalue weighted by molar-refractivity contribution is 5.81. The lowest BCUT2D eigenvalue weighted by molar-refractivity contribution is 0.833. The van der Waals surface area contributed by atoms with Crippen LogP contribution in [0.4, 0.5) is 5.69 Å². The summed E-state index contributed by atoms with van der Waals surface area (Å²) in [6, 6.07) is 24.5. The summed E-state index contributed by atoms with van der Waals surface area (Å²) in [6.45, 7) is 1.30. The summed E-state index contributed by atoms with van der Waals surface area (Å²) in [5.74, 6) is 0.927. The van der Waals surface area contributed by atoms with Crippen LogP contribution in [0.5, 0.6) is 0 Å². The normalized spacial score (nSPS) is 11.1. The molecule has 0 fully saturated rings. The van der Waals surface area contributed by atoms with Crippen molar-refractivity contribution >= 4 is 16.7 Å². The standard InChI is InChI=1S/C21H20N4/c22-13-15-8-10-16(11-9-15)14-25-20-7-2-1-6-19(20)24-21(25)17-4-3-5-18(23)12-17/h1-12H,13-14,22-23H2. The molecular weight excluding hydrogens is 308 g/mol. The predicted molar refractivity (Wildman–Crippen MR) is 103 cm³/mol. The summed E-state index contributed by atoms with van der Waals surface area (Å²) in [6.07, 6.45) is 0. The fourth-order valence-electron chi connectivity index (χ4n) is 3.10. The number of imidazole rings is 1. The van der Waals surface area contributed by atoms with Crippen LogP contribution in [-0.4, -0.2) is 9.55 Å². The molecule has 1 aromatic heterocycles. The minimum absolute atomic E-state index is 0.558. The summed E-state index contributed by atoms with van der Waals surface area (Å²) in [7, 11) is 0. The first-order chi connectivity index (χ1) is 12.2. The lowest BCUT2D eigenvalue weighted by atomic mass is 10.1. The number of nitrogens with two attached hydrogens (primary N) is 2. The van der Waals surface area contributed by atoms with E-state index in [-0.39, 0.29) is 0 Å². The lowest BCUT2D eigenvalue weighted by Crippen LogP contribution is -2.03. The smallest absolute Gasteiger partial charge is 0.141 e. The third kappa shape index (κ3) is 2.99. The van der Waals surface area contributed by atoms with E-state index in [2.05, 4.69) is 34.9 Å². The quantitative estimate of drug-likeness (QED) is 0.560. The van der Waals surface area contributed by atoms with Gasteiger partial charge in [-0.25, -0.2) is 4.98 Å². The Labute approximate surface area is 146 Å². The fourth-order valence-corrected chi connectivity index (χ4v) is 3.10. The van der Waals surface area contributed by atoms with Crippen LogP contribution in [0.25, 0.3) is 22.4 Å². The zero-order chi connectivity index (χ0) is 17.2. The largest absolute Gasteiger partial charge is 0.399 e. The Morgan fingerprint density at radius 2 is 1.60 bits per heavy atom. The summed E-state index contributed by atoms with van der Waals surface area (Å²) < 4.78 is 2.24. The number of nitrogens with zero attached hydrogens (tertiary/aromatic N) is 2. The second kappa shape index (κ2) is 6.42. The highest BCUT2D eigenvalue weighted by Crippen LogP contribution is 2.27. The highest BCUT2D eigenvalue weighted by Gasteiger charge is 2.13. The molecule has 0 radical (unpaired) electrons. The van der Waals surface area contributed by atoms with Crippen LogP contribution >= 0.6 is 0 Å². The van der Waals surface area contributed by atoms with Crippen molar-refractivity contribution in [3.05, 3.63) is 83.9 Å². The average Bonchev–Trinajstić information content (AvgIpc) is 3.01. The van der Waals surface area contributed by atoms with Crippen LogP contribution in [0.2, 0.25) is 0 Å². The van der Waals surface area contributed by atoms with Gasteiger partial charge < -0.3 is 16.0 Å². The van der Waals surface area contributed by atoms with Gasteiger partial charge in [-0.1, -0.05) is 48.5 Å². The molecular formula is C21H20N4. The Balaban J connectivity index is 1.84. The third-order valence-corrected chi connectivity index (χ3v) is 4.40. The van der Waals surface area contributed by atoms with Crippen molar-refractivity contribution in [3.8, 4) is 11.4 Å². The first-order valence-electron chi connectivity index (χ1n) is 8.33. The lowest BCUT2D eigenvalue weighted by Gasteiger charge is -2.10. The number of anilines is 1. The molecule has 0 atom stereocenters. The Morgan fingerprint density at radius 1 is 0.840 bits per heavy atom. The van der Waals surface area contributed by atoms with E-state index in [0.717, 1.165) is 40.2 Å². The van der Waals surface area contributed by atoms with Gasteiger partial charge in [-0.2, -0.15) is 0 Å². The molecule has 0 saturated carbocycles. The molecule has 0 bridgehead atoms. The van der Waals surface area contributed by atoms with Gasteiger partial charge in [0.2, 0.25) is 0 Å². The van der Waals surface area contributed by atoms with E-state index in [9.17, 15) is 0 Å². The molecule has 3 aromatic carbocycles. The molecule has 0 spiro atoms. The number of para-hydroxylation sites is 2. The molecule has 0 unspecified atom stereocenters. The number of hydrogen-bond acceptors (Lipinski definition) is 3. The van der Waals surface area contributed by atoms with Crippen molar-refractivity contribution in [2.75, 3.05) is 5.73 Å². The minimum atomic E-state index is 0.558. The summed E-state index contributed by atoms with van der Waals surface area (Å²) >= 11 is 0. The van der Waals surface area contributed by atoms with Crippen molar-refractivity contribution in [1.29, 1.82) is 0 Å². The molecule has 4 heteroatoms. The number of benzene rings is 3. The molecule has 4 rings (SSSR count). The van der Waals surface area contributed by atoms with E-state index < -0.39 is 0 Å². The molecule has 0 aliphatic rings. The molecule has 0 aliphatic carbocycles. The topological polar surface area (TPSA) is 69.9 Å². The second-order valence-corrected chi connectivity index (χ2v) is 6.16. The molecule has 124 valence electrons. The predicted octanol–water partition coefficient (Wildman–Crippen LogP) is 3.79. The van der Waals surface area contributed by atoms with E-state index in [1.807, 2.05) is 42.5 Å². The van der Waals surface area contributed by atoms with E-state index in [4.69, 9.17) is 16.5 Å². The molecule has 1 heterocycles. The zero-order valence-electron chi connectivity index (χ0n) is 13.9. The van der Waals surface area contributed by atoms with Gasteiger partial charge >= 0.3 is 0 Å². The number of aromatic nitrogens is 2. The van der Waals surface area contributed by atoms with Gasteiger partial charge in [0, 0.05) is 24.3 Å². The third-order valence-electron chi connectivity index (χ3n) is 4.40. The molecule has 0 aliphatic heterocycles. The fraction of sp³-hybridized carbons (Fsp3) is 0.0952. The number of rotatable bonds is 4. The van der Waals surface area contributed by atoms with Gasteiger partial charge in [0.25, 0.3) is 0 Å². The van der Waals surface area contributed by atoms with Crippen LogP contribution < -0.4 is 11.5 Å². The van der Waals surface area contributed by atoms with E-state index >= 15 is 0 Å². The van der Waals surface area contributed by atoms with Crippen LogP contribution in [0.15, 0.2) is 72.8 Å². The second-order valence-electron chi connectivity index (χ2n) is 6.16. The van der Waals surface area contributed by atoms with Crippen molar-refractivity contribution < 1.29 is 0 Å². The monoisotopic (exact) mass is 328 g/mol. The Bertz CT molecular complexity index is 1020. The first-order valence-corrected chi connectivity index (χ1v) is 8.33. The molecule has 4 aromatic rings. The summed E-state index contributed by atoms with van der Waals surface area (Å²) in [5.41, 5.74) is 17.9. The molecule has 4 N–H and O–H groups in total. The van der Waals surface area contributed by atoms with E-state index in [0.29, 0.717) is 6.54 Å². The van der Waals surface area contributed by atoms with Crippen LogP contribution in [0, 0.1) is 0 Å². The van der Waals surface area contributed by atoms with Crippen molar-refractivity contribution in [3.63, 3.8) is 0 Å².